The highest BCUT2D eigenvalue weighted by Crippen LogP contribution is 2.28. The fourth-order valence-corrected chi connectivity index (χ4v) is 2.04. The highest BCUT2D eigenvalue weighted by molar-refractivity contribution is 5.74. The van der Waals surface area contributed by atoms with E-state index >= 15 is 0 Å². The monoisotopic (exact) mass is 212 g/mol. The summed E-state index contributed by atoms with van der Waals surface area (Å²) in [7, 11) is 0. The van der Waals surface area contributed by atoms with Crippen LogP contribution in [0.2, 0.25) is 0 Å². The van der Waals surface area contributed by atoms with E-state index in [1.807, 2.05) is 11.8 Å². The fourth-order valence-electron chi connectivity index (χ4n) is 2.04. The smallest absolute Gasteiger partial charge is 0.317 e. The molecule has 2 rings (SSSR count). The Morgan fingerprint density at radius 2 is 2.27 bits per heavy atom. The lowest BCUT2D eigenvalue weighted by molar-refractivity contribution is 0.162. The fraction of sp³-hybridized carbons (Fsp3) is 0.909. The molecule has 2 fully saturated rings. The molecule has 0 spiro atoms. The van der Waals surface area contributed by atoms with Crippen molar-refractivity contribution in [2.24, 2.45) is 5.92 Å². The summed E-state index contributed by atoms with van der Waals surface area (Å²) >= 11 is 0. The average Bonchev–Trinajstić information content (AvgIpc) is 2.93. The summed E-state index contributed by atoms with van der Waals surface area (Å²) < 4.78 is 5.34. The molecule has 86 valence electrons. The molecule has 1 aliphatic carbocycles. The molecule has 0 aromatic rings. The van der Waals surface area contributed by atoms with Crippen LogP contribution >= 0.6 is 0 Å². The van der Waals surface area contributed by atoms with E-state index in [9.17, 15) is 4.79 Å². The molecule has 1 saturated heterocycles. The molecule has 1 atom stereocenters. The van der Waals surface area contributed by atoms with Gasteiger partial charge in [0.25, 0.3) is 0 Å². The number of carbonyl (C=O) groups excluding carboxylic acids is 1. The van der Waals surface area contributed by atoms with E-state index in [2.05, 4.69) is 5.32 Å². The minimum atomic E-state index is 0.104. The van der Waals surface area contributed by atoms with E-state index in [0.29, 0.717) is 18.5 Å². The quantitative estimate of drug-likeness (QED) is 0.761. The Bertz CT molecular complexity index is 223. The number of urea groups is 1. The van der Waals surface area contributed by atoms with Crippen molar-refractivity contribution < 1.29 is 9.53 Å². The van der Waals surface area contributed by atoms with Crippen LogP contribution in [0, 0.1) is 5.92 Å². The Morgan fingerprint density at radius 1 is 1.47 bits per heavy atom. The van der Waals surface area contributed by atoms with Crippen LogP contribution in [0.15, 0.2) is 0 Å². The maximum absolute atomic E-state index is 11.8. The van der Waals surface area contributed by atoms with E-state index in [-0.39, 0.29) is 6.03 Å². The molecule has 0 unspecified atom stereocenters. The molecule has 15 heavy (non-hydrogen) atoms. The second kappa shape index (κ2) is 4.84. The van der Waals surface area contributed by atoms with Crippen LogP contribution in [0.25, 0.3) is 0 Å². The summed E-state index contributed by atoms with van der Waals surface area (Å²) in [6, 6.07) is 0.601. The summed E-state index contributed by atoms with van der Waals surface area (Å²) in [5, 5.41) is 2.89. The number of nitrogens with one attached hydrogen (secondary N) is 1. The van der Waals surface area contributed by atoms with Gasteiger partial charge in [-0.05, 0) is 26.2 Å². The highest BCUT2D eigenvalue weighted by Gasteiger charge is 2.34. The molecule has 0 aromatic carbocycles. The molecule has 2 aliphatic rings. The van der Waals surface area contributed by atoms with E-state index in [1.54, 1.807) is 0 Å². The van der Waals surface area contributed by atoms with Gasteiger partial charge in [-0.15, -0.1) is 0 Å². The van der Waals surface area contributed by atoms with Gasteiger partial charge in [0, 0.05) is 31.7 Å². The van der Waals surface area contributed by atoms with Gasteiger partial charge in [-0.25, -0.2) is 4.79 Å². The third-order valence-corrected chi connectivity index (χ3v) is 3.06. The summed E-state index contributed by atoms with van der Waals surface area (Å²) in [6.07, 6.45) is 3.44. The van der Waals surface area contributed by atoms with Gasteiger partial charge in [-0.3, -0.25) is 0 Å². The number of amides is 2. The lowest BCUT2D eigenvalue weighted by atomic mass is 10.1. The molecule has 4 heteroatoms. The van der Waals surface area contributed by atoms with Crippen LogP contribution < -0.4 is 5.32 Å². The van der Waals surface area contributed by atoms with E-state index < -0.39 is 0 Å². The second-order valence-corrected chi connectivity index (χ2v) is 4.45. The number of nitrogens with zero attached hydrogens (tertiary/aromatic N) is 1. The summed E-state index contributed by atoms with van der Waals surface area (Å²) in [5.41, 5.74) is 0. The van der Waals surface area contributed by atoms with Gasteiger partial charge < -0.3 is 15.0 Å². The van der Waals surface area contributed by atoms with Gasteiger partial charge in [0.1, 0.15) is 0 Å². The van der Waals surface area contributed by atoms with Crippen molar-refractivity contribution in [3.63, 3.8) is 0 Å². The summed E-state index contributed by atoms with van der Waals surface area (Å²) in [4.78, 5) is 13.8. The Labute approximate surface area is 91.0 Å². The first kappa shape index (κ1) is 10.7. The molecule has 1 saturated carbocycles. The molecule has 2 amide bonds. The van der Waals surface area contributed by atoms with Crippen molar-refractivity contribution in [1.29, 1.82) is 0 Å². The molecule has 0 radical (unpaired) electrons. The van der Waals surface area contributed by atoms with Crippen molar-refractivity contribution in [1.82, 2.24) is 10.2 Å². The van der Waals surface area contributed by atoms with Crippen molar-refractivity contribution in [2.75, 3.05) is 26.3 Å². The molecular formula is C11H20N2O2. The maximum atomic E-state index is 11.8. The Balaban J connectivity index is 1.84. The number of carbonyl (C=O) groups is 1. The largest absolute Gasteiger partial charge is 0.381 e. The number of ether oxygens (including phenoxy) is 1. The zero-order valence-corrected chi connectivity index (χ0v) is 9.37. The van der Waals surface area contributed by atoms with Gasteiger partial charge in [0.05, 0.1) is 6.61 Å². The van der Waals surface area contributed by atoms with Crippen LogP contribution in [0.3, 0.4) is 0 Å². The van der Waals surface area contributed by atoms with Crippen LogP contribution in [0.5, 0.6) is 0 Å². The van der Waals surface area contributed by atoms with Gasteiger partial charge in [0.2, 0.25) is 0 Å². The minimum absolute atomic E-state index is 0.104. The second-order valence-electron chi connectivity index (χ2n) is 4.45. The SMILES string of the molecule is CCNC(=O)N(C[C@H]1CCOC1)C1CC1. The van der Waals surface area contributed by atoms with E-state index in [1.165, 1.54) is 12.8 Å². The first-order valence-electron chi connectivity index (χ1n) is 5.93. The Hall–Kier alpha value is -0.770. The Kier molecular flexibility index (Phi) is 3.46. The summed E-state index contributed by atoms with van der Waals surface area (Å²) in [6.45, 7) is 5.22. The third-order valence-electron chi connectivity index (χ3n) is 3.06. The predicted molar refractivity (Wildman–Crippen MR) is 57.7 cm³/mol. The molecule has 4 nitrogen and oxygen atoms in total. The van der Waals surface area contributed by atoms with Gasteiger partial charge in [-0.2, -0.15) is 0 Å². The highest BCUT2D eigenvalue weighted by atomic mass is 16.5. The molecule has 1 heterocycles. The predicted octanol–water partition coefficient (Wildman–Crippen LogP) is 1.22. The van der Waals surface area contributed by atoms with E-state index in [0.717, 1.165) is 26.2 Å². The van der Waals surface area contributed by atoms with Crippen molar-refractivity contribution >= 4 is 6.03 Å². The van der Waals surface area contributed by atoms with Crippen molar-refractivity contribution in [2.45, 2.75) is 32.2 Å². The maximum Gasteiger partial charge on any atom is 0.317 e. The topological polar surface area (TPSA) is 41.6 Å². The van der Waals surface area contributed by atoms with Crippen LogP contribution in [-0.2, 0) is 4.74 Å². The lowest BCUT2D eigenvalue weighted by Gasteiger charge is -2.25. The number of rotatable bonds is 4. The molecule has 0 aromatic heterocycles. The first-order valence-corrected chi connectivity index (χ1v) is 5.93. The van der Waals surface area contributed by atoms with E-state index in [4.69, 9.17) is 4.74 Å². The zero-order valence-electron chi connectivity index (χ0n) is 9.37. The minimum Gasteiger partial charge on any atom is -0.381 e. The van der Waals surface area contributed by atoms with Gasteiger partial charge >= 0.3 is 6.03 Å². The lowest BCUT2D eigenvalue weighted by Crippen LogP contribution is -2.43. The molecule has 1 aliphatic heterocycles. The standard InChI is InChI=1S/C11H20N2O2/c1-2-12-11(14)13(10-3-4-10)7-9-5-6-15-8-9/h9-10H,2-8H2,1H3,(H,12,14)/t9-/m1/s1. The summed E-state index contributed by atoms with van der Waals surface area (Å²) in [5.74, 6) is 0.549. The third kappa shape index (κ3) is 2.84. The molecule has 0 bridgehead atoms. The normalized spacial score (nSPS) is 25.3. The zero-order chi connectivity index (χ0) is 10.7. The van der Waals surface area contributed by atoms with Crippen LogP contribution in [0.1, 0.15) is 26.2 Å². The number of hydrogen-bond acceptors (Lipinski definition) is 2. The first-order chi connectivity index (χ1) is 7.31. The average molecular weight is 212 g/mol. The van der Waals surface area contributed by atoms with Crippen LogP contribution in [-0.4, -0.2) is 43.3 Å². The molecular weight excluding hydrogens is 192 g/mol. The molecule has 1 N–H and O–H groups in total. The van der Waals surface area contributed by atoms with Crippen molar-refractivity contribution in [3.05, 3.63) is 0 Å². The Morgan fingerprint density at radius 3 is 2.80 bits per heavy atom. The van der Waals surface area contributed by atoms with Crippen LogP contribution in [0.4, 0.5) is 4.79 Å². The van der Waals surface area contributed by atoms with Crippen molar-refractivity contribution in [3.8, 4) is 0 Å². The van der Waals surface area contributed by atoms with Gasteiger partial charge in [0.15, 0.2) is 0 Å². The van der Waals surface area contributed by atoms with Gasteiger partial charge in [-0.1, -0.05) is 0 Å². The number of hydrogen-bond donors (Lipinski definition) is 1.